The Kier molecular flexibility index (Phi) is 10.7. The highest BCUT2D eigenvalue weighted by molar-refractivity contribution is 6.40. The van der Waals surface area contributed by atoms with E-state index in [1.54, 1.807) is 14.9 Å². The number of hydrogen-bond donors (Lipinski definition) is 1. The van der Waals surface area contributed by atoms with Crippen molar-refractivity contribution in [3.8, 4) is 28.0 Å². The fraction of sp³-hybridized carbons (Fsp3) is 0.238. The molecule has 0 saturated heterocycles. The van der Waals surface area contributed by atoms with E-state index in [4.69, 9.17) is 20.4 Å². The maximum absolute atomic E-state index is 15.1. The van der Waals surface area contributed by atoms with Crippen molar-refractivity contribution < 1.29 is 9.66 Å². The molecule has 0 radical (unpaired) electrons. The lowest BCUT2D eigenvalue weighted by molar-refractivity contribution is -0.383. The average Bonchev–Trinajstić information content (AvgIpc) is 4.01. The van der Waals surface area contributed by atoms with E-state index >= 15 is 4.79 Å². The second-order valence-electron chi connectivity index (χ2n) is 20.8. The summed E-state index contributed by atoms with van der Waals surface area (Å²) < 4.78 is 9.52. The standard InChI is InChI=1S/C63H54N6O5/c1-5-6-7-8-9-10-11-12-13-14-23-74-41-28-36(4)27-38(29-41)40-32-52-59(53(33-40)69(72)73)66-61-47-20-16-43-42-15-19-46-56-48(21-17-44(54(42)56)45-18-22-49(57(47)55(43)45)63(71)68(52)61)62(70)67-51-31-39(30-50(64)58(51)65-60(46)67)37-25-34(2)24-35(3)26-37/h15-22,24-33H,5-14,23,64H2,1-4H3. The van der Waals surface area contributed by atoms with Gasteiger partial charge in [-0.05, 0) is 142 Å². The van der Waals surface area contributed by atoms with Crippen LogP contribution in [0, 0.1) is 30.9 Å². The molecule has 13 rings (SSSR count). The van der Waals surface area contributed by atoms with E-state index in [0.717, 1.165) is 94.7 Å². The summed E-state index contributed by atoms with van der Waals surface area (Å²) in [4.78, 5) is 52.4. The number of non-ortho nitro benzene ring substituents is 1. The molecule has 13 aromatic rings. The minimum Gasteiger partial charge on any atom is -0.494 e. The topological polar surface area (TPSA) is 147 Å². The minimum absolute atomic E-state index is 0.146. The van der Waals surface area contributed by atoms with Gasteiger partial charge in [0.15, 0.2) is 5.52 Å². The zero-order chi connectivity index (χ0) is 50.7. The SMILES string of the molecule is CCCCCCCCCCCCOc1cc(C)cc(-c2cc([N+](=O)[O-])c3nc4c5ccc6c7ccc8c9c(ccc(c%10ccc(c(=O)n4c3c2)c5c%106)c79)c(=O)n2c3cc(-c4cc(C)cc(C)c4)cc(N)c3nc82)c1. The number of nitro benzene ring substituents is 1. The molecule has 0 aliphatic carbocycles. The van der Waals surface area contributed by atoms with Gasteiger partial charge in [0.05, 0.1) is 28.3 Å². The molecular formula is C63H54N6O5. The van der Waals surface area contributed by atoms with Crippen LogP contribution in [0.25, 0.3) is 120 Å². The van der Waals surface area contributed by atoms with Crippen LogP contribution in [-0.4, -0.2) is 30.3 Å². The highest BCUT2D eigenvalue weighted by Crippen LogP contribution is 2.47. The molecule has 0 unspecified atom stereocenters. The second kappa shape index (κ2) is 17.4. The van der Waals surface area contributed by atoms with Crippen LogP contribution in [0.4, 0.5) is 11.4 Å². The summed E-state index contributed by atoms with van der Waals surface area (Å²) in [6, 6.07) is 35.6. The number of nitrogens with two attached hydrogens (primary N) is 1. The lowest BCUT2D eigenvalue weighted by Crippen LogP contribution is -2.14. The smallest absolute Gasteiger partial charge is 0.297 e. The van der Waals surface area contributed by atoms with Crippen LogP contribution < -0.4 is 21.6 Å². The molecule has 0 amide bonds. The van der Waals surface area contributed by atoms with Gasteiger partial charge in [-0.25, -0.2) is 9.97 Å². The Morgan fingerprint density at radius 1 is 0.500 bits per heavy atom. The summed E-state index contributed by atoms with van der Waals surface area (Å²) in [6.07, 6.45) is 12.4. The van der Waals surface area contributed by atoms with Gasteiger partial charge >= 0.3 is 0 Å². The zero-order valence-corrected chi connectivity index (χ0v) is 42.0. The van der Waals surface area contributed by atoms with Gasteiger partial charge in [-0.2, -0.15) is 0 Å². The number of aryl methyl sites for hydroxylation is 3. The predicted molar refractivity (Wildman–Crippen MR) is 304 cm³/mol. The predicted octanol–water partition coefficient (Wildman–Crippen LogP) is 15.3. The molecule has 2 N–H and O–H groups in total. The first-order valence-electron chi connectivity index (χ1n) is 26.1. The van der Waals surface area contributed by atoms with Crippen molar-refractivity contribution >= 4 is 109 Å². The molecule has 9 aromatic carbocycles. The first-order chi connectivity index (χ1) is 36.0. The number of aromatic nitrogens is 4. The van der Waals surface area contributed by atoms with Crippen molar-refractivity contribution in [3.05, 3.63) is 157 Å². The number of nitro groups is 1. The molecule has 0 bridgehead atoms. The summed E-state index contributed by atoms with van der Waals surface area (Å²) >= 11 is 0. The number of unbranched alkanes of at least 4 members (excludes halogenated alkanes) is 9. The van der Waals surface area contributed by atoms with Crippen LogP contribution in [-0.2, 0) is 0 Å². The lowest BCUT2D eigenvalue weighted by Gasteiger charge is -2.18. The molecule has 0 aliphatic rings. The van der Waals surface area contributed by atoms with Gasteiger partial charge in [-0.1, -0.05) is 124 Å². The Morgan fingerprint density at radius 2 is 0.919 bits per heavy atom. The van der Waals surface area contributed by atoms with Crippen molar-refractivity contribution in [1.82, 2.24) is 18.8 Å². The molecule has 11 heteroatoms. The molecular weight excluding hydrogens is 921 g/mol. The van der Waals surface area contributed by atoms with E-state index in [1.807, 2.05) is 79.7 Å². The van der Waals surface area contributed by atoms with Gasteiger partial charge in [0.1, 0.15) is 22.6 Å². The van der Waals surface area contributed by atoms with E-state index in [-0.39, 0.29) is 22.3 Å². The third kappa shape index (κ3) is 7.00. The summed E-state index contributed by atoms with van der Waals surface area (Å²) in [5, 5.41) is 22.6. The number of hydrogen-bond acceptors (Lipinski definition) is 8. The summed E-state index contributed by atoms with van der Waals surface area (Å²) in [5.41, 5.74) is 15.8. The first kappa shape index (κ1) is 45.4. The Balaban J connectivity index is 0.918. The van der Waals surface area contributed by atoms with Crippen LogP contribution in [0.3, 0.4) is 0 Å². The molecule has 11 nitrogen and oxygen atoms in total. The third-order valence-corrected chi connectivity index (χ3v) is 15.7. The van der Waals surface area contributed by atoms with Gasteiger partial charge in [-0.3, -0.25) is 28.5 Å². The van der Waals surface area contributed by atoms with E-state index in [2.05, 4.69) is 51.1 Å². The number of fused-ring (bicyclic) bond motifs is 10. The minimum atomic E-state index is -0.414. The van der Waals surface area contributed by atoms with E-state index in [0.29, 0.717) is 67.6 Å². The summed E-state index contributed by atoms with van der Waals surface area (Å²) in [6.45, 7) is 8.97. The van der Waals surface area contributed by atoms with Crippen LogP contribution >= 0.6 is 0 Å². The van der Waals surface area contributed by atoms with Gasteiger partial charge < -0.3 is 10.5 Å². The van der Waals surface area contributed by atoms with Crippen LogP contribution in [0.1, 0.15) is 87.8 Å². The largest absolute Gasteiger partial charge is 0.494 e. The highest BCUT2D eigenvalue weighted by atomic mass is 16.6. The van der Waals surface area contributed by atoms with Crippen molar-refractivity contribution in [2.24, 2.45) is 0 Å². The maximum Gasteiger partial charge on any atom is 0.297 e. The number of ether oxygens (including phenoxy) is 1. The van der Waals surface area contributed by atoms with Gasteiger partial charge in [0, 0.05) is 38.4 Å². The number of pyridine rings is 2. The number of nitrogens with zero attached hydrogens (tertiary/aromatic N) is 5. The molecule has 74 heavy (non-hydrogen) atoms. The highest BCUT2D eigenvalue weighted by Gasteiger charge is 2.27. The Morgan fingerprint density at radius 3 is 1.46 bits per heavy atom. The molecule has 0 spiro atoms. The average molecular weight is 975 g/mol. The van der Waals surface area contributed by atoms with Crippen LogP contribution in [0.5, 0.6) is 5.75 Å². The quantitative estimate of drug-likeness (QED) is 0.0267. The van der Waals surface area contributed by atoms with Crippen molar-refractivity contribution in [2.45, 2.75) is 91.9 Å². The number of imidazole rings is 2. The van der Waals surface area contributed by atoms with Gasteiger partial charge in [0.2, 0.25) is 0 Å². The maximum atomic E-state index is 15.1. The number of anilines is 1. The molecule has 0 atom stereocenters. The van der Waals surface area contributed by atoms with Gasteiger partial charge in [-0.15, -0.1) is 0 Å². The zero-order valence-electron chi connectivity index (χ0n) is 42.0. The van der Waals surface area contributed by atoms with Crippen LogP contribution in [0.15, 0.2) is 119 Å². The Bertz CT molecular complexity index is 4550. The van der Waals surface area contributed by atoms with E-state index in [9.17, 15) is 14.9 Å². The first-order valence-corrected chi connectivity index (χ1v) is 26.1. The van der Waals surface area contributed by atoms with Crippen molar-refractivity contribution in [2.75, 3.05) is 12.3 Å². The molecule has 0 aliphatic heterocycles. The Labute approximate surface area is 425 Å². The molecule has 0 fully saturated rings. The van der Waals surface area contributed by atoms with E-state index < -0.39 is 4.92 Å². The summed E-state index contributed by atoms with van der Waals surface area (Å²) in [7, 11) is 0. The third-order valence-electron chi connectivity index (χ3n) is 15.7. The number of nitrogen functional groups attached to an aromatic ring is 1. The molecule has 4 aromatic heterocycles. The normalized spacial score (nSPS) is 12.4. The lowest BCUT2D eigenvalue weighted by atomic mass is 9.86. The number of benzene rings is 9. The van der Waals surface area contributed by atoms with E-state index in [1.165, 1.54) is 51.4 Å². The molecule has 0 saturated carbocycles. The van der Waals surface area contributed by atoms with Gasteiger partial charge in [0.25, 0.3) is 16.8 Å². The van der Waals surface area contributed by atoms with Crippen molar-refractivity contribution in [1.29, 1.82) is 0 Å². The monoisotopic (exact) mass is 974 g/mol. The van der Waals surface area contributed by atoms with Crippen molar-refractivity contribution in [3.63, 3.8) is 0 Å². The molecule has 4 heterocycles. The van der Waals surface area contributed by atoms with Crippen LogP contribution in [0.2, 0.25) is 0 Å². The second-order valence-corrected chi connectivity index (χ2v) is 20.8. The fourth-order valence-corrected chi connectivity index (χ4v) is 12.4. The Hall–Kier alpha value is -8.44. The number of rotatable bonds is 15. The molecule has 366 valence electrons. The fourth-order valence-electron chi connectivity index (χ4n) is 12.4. The summed E-state index contributed by atoms with van der Waals surface area (Å²) in [5.74, 6) is 0.708.